The van der Waals surface area contributed by atoms with Crippen molar-refractivity contribution in [2.24, 2.45) is 11.7 Å². The number of rotatable bonds is 6. The summed E-state index contributed by atoms with van der Waals surface area (Å²) in [5, 5.41) is 2.83. The SMILES string of the molecule is CC(CCc1cccc(F)c1)C(=O)NCC(C)(C)N. The summed E-state index contributed by atoms with van der Waals surface area (Å²) in [6, 6.07) is 6.49. The first-order valence-corrected chi connectivity index (χ1v) is 6.59. The summed E-state index contributed by atoms with van der Waals surface area (Å²) in [7, 11) is 0. The Hall–Kier alpha value is -1.42. The van der Waals surface area contributed by atoms with Gasteiger partial charge in [0.15, 0.2) is 0 Å². The summed E-state index contributed by atoms with van der Waals surface area (Å²) in [5.74, 6) is -0.347. The molecule has 106 valence electrons. The molecule has 0 aliphatic heterocycles. The molecule has 0 aromatic heterocycles. The van der Waals surface area contributed by atoms with Gasteiger partial charge in [-0.3, -0.25) is 4.79 Å². The molecule has 0 heterocycles. The molecule has 19 heavy (non-hydrogen) atoms. The van der Waals surface area contributed by atoms with Crippen LogP contribution in [0.4, 0.5) is 4.39 Å². The molecule has 1 aromatic rings. The second-order valence-electron chi connectivity index (χ2n) is 5.78. The smallest absolute Gasteiger partial charge is 0.222 e. The molecule has 0 aliphatic rings. The van der Waals surface area contributed by atoms with Crippen LogP contribution < -0.4 is 11.1 Å². The van der Waals surface area contributed by atoms with E-state index in [9.17, 15) is 9.18 Å². The van der Waals surface area contributed by atoms with Gasteiger partial charge in [-0.2, -0.15) is 0 Å². The minimum absolute atomic E-state index is 0.00470. The predicted octanol–water partition coefficient (Wildman–Crippen LogP) is 2.25. The first-order valence-electron chi connectivity index (χ1n) is 6.59. The lowest BCUT2D eigenvalue weighted by molar-refractivity contribution is -0.124. The molecular weight excluding hydrogens is 243 g/mol. The Labute approximate surface area is 114 Å². The van der Waals surface area contributed by atoms with E-state index in [0.29, 0.717) is 19.4 Å². The molecule has 0 saturated carbocycles. The average Bonchev–Trinajstić information content (AvgIpc) is 2.32. The third-order valence-corrected chi connectivity index (χ3v) is 2.92. The summed E-state index contributed by atoms with van der Waals surface area (Å²) in [4.78, 5) is 11.8. The van der Waals surface area contributed by atoms with E-state index in [-0.39, 0.29) is 17.6 Å². The van der Waals surface area contributed by atoms with Gasteiger partial charge in [-0.1, -0.05) is 19.1 Å². The number of carbonyl (C=O) groups excluding carboxylic acids is 1. The Morgan fingerprint density at radius 3 is 2.74 bits per heavy atom. The number of hydrogen-bond donors (Lipinski definition) is 2. The molecule has 0 saturated heterocycles. The highest BCUT2D eigenvalue weighted by molar-refractivity contribution is 5.78. The molecule has 1 atom stereocenters. The van der Waals surface area contributed by atoms with Crippen molar-refractivity contribution in [2.45, 2.75) is 39.2 Å². The number of carbonyl (C=O) groups is 1. The first kappa shape index (κ1) is 15.6. The van der Waals surface area contributed by atoms with E-state index in [4.69, 9.17) is 5.73 Å². The Bertz CT molecular complexity index is 426. The van der Waals surface area contributed by atoms with Gasteiger partial charge in [-0.05, 0) is 44.4 Å². The number of benzene rings is 1. The standard InChI is InChI=1S/C15H23FN2O/c1-11(14(19)18-10-15(2,3)17)7-8-12-5-4-6-13(16)9-12/h4-6,9,11H,7-8,10,17H2,1-3H3,(H,18,19). The average molecular weight is 266 g/mol. The summed E-state index contributed by atoms with van der Waals surface area (Å²) < 4.78 is 13.0. The molecular formula is C15H23FN2O. The van der Waals surface area contributed by atoms with Gasteiger partial charge in [0, 0.05) is 18.0 Å². The fraction of sp³-hybridized carbons (Fsp3) is 0.533. The monoisotopic (exact) mass is 266 g/mol. The van der Waals surface area contributed by atoms with Crippen molar-refractivity contribution in [2.75, 3.05) is 6.54 Å². The van der Waals surface area contributed by atoms with E-state index >= 15 is 0 Å². The topological polar surface area (TPSA) is 55.1 Å². The van der Waals surface area contributed by atoms with Gasteiger partial charge < -0.3 is 11.1 Å². The van der Waals surface area contributed by atoms with E-state index in [0.717, 1.165) is 5.56 Å². The van der Waals surface area contributed by atoms with Gasteiger partial charge in [-0.15, -0.1) is 0 Å². The fourth-order valence-electron chi connectivity index (χ4n) is 1.70. The minimum atomic E-state index is -0.405. The number of aryl methyl sites for hydroxylation is 1. The quantitative estimate of drug-likeness (QED) is 0.829. The van der Waals surface area contributed by atoms with E-state index in [1.165, 1.54) is 12.1 Å². The van der Waals surface area contributed by atoms with Crippen LogP contribution in [-0.4, -0.2) is 18.0 Å². The van der Waals surface area contributed by atoms with Crippen LogP contribution in [0.15, 0.2) is 24.3 Å². The number of halogens is 1. The number of hydrogen-bond acceptors (Lipinski definition) is 2. The normalized spacial score (nSPS) is 13.1. The number of nitrogens with one attached hydrogen (secondary N) is 1. The molecule has 0 bridgehead atoms. The Kier molecular flexibility index (Phi) is 5.48. The lowest BCUT2D eigenvalue weighted by Crippen LogP contribution is -2.46. The van der Waals surface area contributed by atoms with Crippen LogP contribution in [0.25, 0.3) is 0 Å². The van der Waals surface area contributed by atoms with Gasteiger partial charge in [-0.25, -0.2) is 4.39 Å². The maximum absolute atomic E-state index is 13.0. The van der Waals surface area contributed by atoms with Crippen molar-refractivity contribution in [1.29, 1.82) is 0 Å². The van der Waals surface area contributed by atoms with Gasteiger partial charge in [0.25, 0.3) is 0 Å². The second kappa shape index (κ2) is 6.66. The molecule has 4 heteroatoms. The van der Waals surface area contributed by atoms with Crippen LogP contribution in [-0.2, 0) is 11.2 Å². The maximum Gasteiger partial charge on any atom is 0.222 e. The fourth-order valence-corrected chi connectivity index (χ4v) is 1.70. The molecule has 0 spiro atoms. The van der Waals surface area contributed by atoms with Crippen molar-refractivity contribution >= 4 is 5.91 Å². The van der Waals surface area contributed by atoms with Crippen molar-refractivity contribution in [3.63, 3.8) is 0 Å². The molecule has 0 radical (unpaired) electrons. The van der Waals surface area contributed by atoms with Crippen molar-refractivity contribution in [1.82, 2.24) is 5.32 Å². The molecule has 0 fully saturated rings. The lowest BCUT2D eigenvalue weighted by Gasteiger charge is -2.20. The van der Waals surface area contributed by atoms with Crippen LogP contribution in [0, 0.1) is 11.7 Å². The molecule has 3 nitrogen and oxygen atoms in total. The number of nitrogens with two attached hydrogens (primary N) is 1. The van der Waals surface area contributed by atoms with E-state index in [1.54, 1.807) is 6.07 Å². The van der Waals surface area contributed by atoms with Crippen LogP contribution in [0.1, 0.15) is 32.8 Å². The minimum Gasteiger partial charge on any atom is -0.354 e. The Morgan fingerprint density at radius 1 is 1.47 bits per heavy atom. The summed E-state index contributed by atoms with van der Waals surface area (Å²) in [6.07, 6.45) is 1.39. The second-order valence-corrected chi connectivity index (χ2v) is 5.78. The lowest BCUT2D eigenvalue weighted by atomic mass is 9.99. The predicted molar refractivity (Wildman–Crippen MR) is 75.2 cm³/mol. The van der Waals surface area contributed by atoms with Crippen molar-refractivity contribution in [3.05, 3.63) is 35.6 Å². The van der Waals surface area contributed by atoms with Gasteiger partial charge >= 0.3 is 0 Å². The van der Waals surface area contributed by atoms with Crippen LogP contribution in [0.2, 0.25) is 0 Å². The maximum atomic E-state index is 13.0. The third-order valence-electron chi connectivity index (χ3n) is 2.92. The van der Waals surface area contributed by atoms with Crippen molar-refractivity contribution < 1.29 is 9.18 Å². The molecule has 1 amide bonds. The van der Waals surface area contributed by atoms with Gasteiger partial charge in [0.05, 0.1) is 0 Å². The summed E-state index contributed by atoms with van der Waals surface area (Å²) in [6.45, 7) is 6.06. The number of amides is 1. The Morgan fingerprint density at radius 2 is 2.16 bits per heavy atom. The summed E-state index contributed by atoms with van der Waals surface area (Å²) >= 11 is 0. The van der Waals surface area contributed by atoms with Crippen molar-refractivity contribution in [3.8, 4) is 0 Å². The van der Waals surface area contributed by atoms with E-state index in [2.05, 4.69) is 5.32 Å². The molecule has 1 aromatic carbocycles. The van der Waals surface area contributed by atoms with Crippen LogP contribution in [0.5, 0.6) is 0 Å². The van der Waals surface area contributed by atoms with E-state index in [1.807, 2.05) is 26.8 Å². The summed E-state index contributed by atoms with van der Waals surface area (Å²) in [5.41, 5.74) is 6.32. The highest BCUT2D eigenvalue weighted by Gasteiger charge is 2.16. The zero-order chi connectivity index (χ0) is 14.5. The molecule has 3 N–H and O–H groups in total. The molecule has 1 unspecified atom stereocenters. The molecule has 0 aliphatic carbocycles. The first-order chi connectivity index (χ1) is 8.78. The zero-order valence-electron chi connectivity index (χ0n) is 11.9. The van der Waals surface area contributed by atoms with E-state index < -0.39 is 5.54 Å². The highest BCUT2D eigenvalue weighted by Crippen LogP contribution is 2.11. The molecule has 1 rings (SSSR count). The van der Waals surface area contributed by atoms with Gasteiger partial charge in [0.2, 0.25) is 5.91 Å². The van der Waals surface area contributed by atoms with Crippen LogP contribution in [0.3, 0.4) is 0 Å². The highest BCUT2D eigenvalue weighted by atomic mass is 19.1. The largest absolute Gasteiger partial charge is 0.354 e. The zero-order valence-corrected chi connectivity index (χ0v) is 11.9. The van der Waals surface area contributed by atoms with Crippen LogP contribution >= 0.6 is 0 Å². The Balaban J connectivity index is 2.38. The van der Waals surface area contributed by atoms with Gasteiger partial charge in [0.1, 0.15) is 5.82 Å². The third kappa shape index (κ3) is 6.34.